The van der Waals surface area contributed by atoms with E-state index < -0.39 is 0 Å². The number of hydrogen-bond donors (Lipinski definition) is 4. The van der Waals surface area contributed by atoms with Gasteiger partial charge in [-0.2, -0.15) is 0 Å². The third kappa shape index (κ3) is 4.22. The maximum absolute atomic E-state index is 5.97. The monoisotopic (exact) mass is 367 g/mol. The summed E-state index contributed by atoms with van der Waals surface area (Å²) in [7, 11) is 1.63. The van der Waals surface area contributed by atoms with Gasteiger partial charge in [-0.15, -0.1) is 0 Å². The Hall–Kier alpha value is -3.26. The van der Waals surface area contributed by atoms with Gasteiger partial charge in [-0.3, -0.25) is 5.32 Å². The van der Waals surface area contributed by atoms with Crippen LogP contribution in [0.4, 0.5) is 11.6 Å². The van der Waals surface area contributed by atoms with E-state index in [0.717, 1.165) is 28.0 Å². The average Bonchev–Trinajstić information content (AvgIpc) is 2.62. The number of nitrogens with zero attached hydrogens (tertiary/aromatic N) is 2. The molecular weight excluding hydrogens is 348 g/mol. The lowest BCUT2D eigenvalue weighted by molar-refractivity contribution is -0.311. The lowest BCUT2D eigenvalue weighted by Gasteiger charge is -2.07. The molecule has 132 valence electrons. The molecule has 3 rings (SSSR count). The van der Waals surface area contributed by atoms with Crippen LogP contribution in [0.15, 0.2) is 48.5 Å². The highest BCUT2D eigenvalue weighted by atomic mass is 32.1. The zero-order valence-electron chi connectivity index (χ0n) is 14.4. The van der Waals surface area contributed by atoms with Crippen LogP contribution in [-0.4, -0.2) is 28.1 Å². The van der Waals surface area contributed by atoms with Crippen LogP contribution in [0.3, 0.4) is 0 Å². The first kappa shape index (κ1) is 17.6. The molecule has 0 bridgehead atoms. The number of nitrogens with one attached hydrogen (secondary N) is 3. The highest BCUT2D eigenvalue weighted by Gasteiger charge is 2.10. The van der Waals surface area contributed by atoms with Crippen molar-refractivity contribution in [1.29, 1.82) is 0 Å². The van der Waals surface area contributed by atoms with Gasteiger partial charge in [0.25, 0.3) is 11.1 Å². The lowest BCUT2D eigenvalue weighted by Crippen LogP contribution is -2.82. The van der Waals surface area contributed by atoms with Gasteiger partial charge in [-0.05, 0) is 49.5 Å². The van der Waals surface area contributed by atoms with Gasteiger partial charge < -0.3 is 10.5 Å². The minimum absolute atomic E-state index is 0.227. The van der Waals surface area contributed by atoms with E-state index in [2.05, 4.69) is 25.6 Å². The summed E-state index contributed by atoms with van der Waals surface area (Å²) < 4.78 is 5.24. The largest absolute Gasteiger partial charge is 0.497 e. The fraction of sp³-hybridized carbons (Fsp3) is 0.111. The van der Waals surface area contributed by atoms with E-state index in [1.807, 2.05) is 55.5 Å². The molecule has 1 aromatic heterocycles. The molecule has 0 aliphatic rings. The number of aryl methyl sites for hydroxylation is 1. The van der Waals surface area contributed by atoms with Crippen LogP contribution in [0.2, 0.25) is 0 Å². The first-order chi connectivity index (χ1) is 12.5. The van der Waals surface area contributed by atoms with Gasteiger partial charge in [0.1, 0.15) is 5.75 Å². The van der Waals surface area contributed by atoms with Gasteiger partial charge >= 0.3 is 5.96 Å². The Kier molecular flexibility index (Phi) is 5.23. The summed E-state index contributed by atoms with van der Waals surface area (Å²) in [5.41, 5.74) is 8.44. The Morgan fingerprint density at radius 1 is 1.12 bits per heavy atom. The van der Waals surface area contributed by atoms with Crippen LogP contribution in [0.25, 0.3) is 10.9 Å². The SMILES string of the molecule is COc1ccc2nc(NC(N)=[NH+]C(=S)Nc3ccccc3)nc(C)c2c1. The lowest BCUT2D eigenvalue weighted by atomic mass is 10.2. The predicted octanol–water partition coefficient (Wildman–Crippen LogP) is 1.15. The summed E-state index contributed by atoms with van der Waals surface area (Å²) in [4.78, 5) is 11.8. The Morgan fingerprint density at radius 3 is 2.62 bits per heavy atom. The first-order valence-corrected chi connectivity index (χ1v) is 8.31. The van der Waals surface area contributed by atoms with E-state index in [0.29, 0.717) is 11.1 Å². The molecule has 0 aliphatic heterocycles. The molecule has 2 aromatic carbocycles. The van der Waals surface area contributed by atoms with Crippen LogP contribution in [0.5, 0.6) is 5.75 Å². The van der Waals surface area contributed by atoms with Crippen molar-refractivity contribution < 1.29 is 9.73 Å². The summed E-state index contributed by atoms with van der Waals surface area (Å²) in [5.74, 6) is 1.37. The molecular formula is C18H19N6OS+. The number of guanidine groups is 1. The topological polar surface area (TPSA) is 99.1 Å². The number of nitrogens with two attached hydrogens (primary N) is 1. The second kappa shape index (κ2) is 7.75. The highest BCUT2D eigenvalue weighted by molar-refractivity contribution is 7.80. The van der Waals surface area contributed by atoms with Crippen molar-refractivity contribution in [3.8, 4) is 5.75 Å². The summed E-state index contributed by atoms with van der Waals surface area (Å²) in [6.45, 7) is 1.90. The van der Waals surface area contributed by atoms with Crippen molar-refractivity contribution in [2.45, 2.75) is 6.92 Å². The van der Waals surface area contributed by atoms with Crippen LogP contribution >= 0.6 is 12.2 Å². The third-order valence-corrected chi connectivity index (χ3v) is 3.82. The number of hydrogen-bond acceptors (Lipinski definition) is 4. The number of aromatic nitrogens is 2. The third-order valence-electron chi connectivity index (χ3n) is 3.62. The fourth-order valence-corrected chi connectivity index (χ4v) is 2.63. The van der Waals surface area contributed by atoms with Gasteiger partial charge in [-0.25, -0.2) is 20.3 Å². The molecule has 5 N–H and O–H groups in total. The number of thiocarbonyl (C=S) groups is 1. The van der Waals surface area contributed by atoms with E-state index in [1.165, 1.54) is 0 Å². The Morgan fingerprint density at radius 2 is 1.88 bits per heavy atom. The quantitative estimate of drug-likeness (QED) is 0.313. The van der Waals surface area contributed by atoms with Crippen molar-refractivity contribution in [2.24, 2.45) is 5.73 Å². The molecule has 1 heterocycles. The molecule has 8 heteroatoms. The van der Waals surface area contributed by atoms with Crippen molar-refractivity contribution in [3.63, 3.8) is 0 Å². The van der Waals surface area contributed by atoms with Crippen molar-refractivity contribution >= 4 is 45.8 Å². The maximum Gasteiger partial charge on any atom is 0.312 e. The second-order valence-electron chi connectivity index (χ2n) is 5.50. The summed E-state index contributed by atoms with van der Waals surface area (Å²) >= 11 is 5.24. The summed E-state index contributed by atoms with van der Waals surface area (Å²) in [5, 5.41) is 7.24. The van der Waals surface area contributed by atoms with Crippen LogP contribution < -0.4 is 26.1 Å². The molecule has 0 aliphatic carbocycles. The molecule has 0 fully saturated rings. The van der Waals surface area contributed by atoms with Crippen LogP contribution in [-0.2, 0) is 0 Å². The van der Waals surface area contributed by atoms with Gasteiger partial charge in [-0.1, -0.05) is 18.2 Å². The Labute approximate surface area is 156 Å². The molecule has 26 heavy (non-hydrogen) atoms. The van der Waals surface area contributed by atoms with E-state index >= 15 is 0 Å². The number of methoxy groups -OCH3 is 1. The first-order valence-electron chi connectivity index (χ1n) is 7.90. The van der Waals surface area contributed by atoms with Crippen molar-refractivity contribution in [1.82, 2.24) is 9.97 Å². The zero-order valence-corrected chi connectivity index (χ0v) is 15.2. The van der Waals surface area contributed by atoms with Crippen molar-refractivity contribution in [3.05, 3.63) is 54.2 Å². The fourth-order valence-electron chi connectivity index (χ4n) is 2.40. The van der Waals surface area contributed by atoms with E-state index in [9.17, 15) is 0 Å². The molecule has 0 atom stereocenters. The summed E-state index contributed by atoms with van der Waals surface area (Å²) in [6, 6.07) is 15.2. The number of para-hydroxylation sites is 1. The van der Waals surface area contributed by atoms with Gasteiger partial charge in [0.05, 0.1) is 24.0 Å². The molecule has 0 saturated heterocycles. The second-order valence-corrected chi connectivity index (χ2v) is 5.91. The maximum atomic E-state index is 5.97. The minimum atomic E-state index is 0.227. The van der Waals surface area contributed by atoms with Gasteiger partial charge in [0.2, 0.25) is 0 Å². The molecule has 0 spiro atoms. The minimum Gasteiger partial charge on any atom is -0.497 e. The Balaban J connectivity index is 1.76. The molecule has 3 aromatic rings. The van der Waals surface area contributed by atoms with E-state index in [1.54, 1.807) is 7.11 Å². The molecule has 0 saturated carbocycles. The molecule has 0 unspecified atom stereocenters. The average molecular weight is 367 g/mol. The normalized spacial score (nSPS) is 11.2. The number of rotatable bonds is 3. The van der Waals surface area contributed by atoms with E-state index in [4.69, 9.17) is 22.7 Å². The number of ether oxygens (including phenoxy) is 1. The van der Waals surface area contributed by atoms with Crippen LogP contribution in [0.1, 0.15) is 5.69 Å². The predicted molar refractivity (Wildman–Crippen MR) is 107 cm³/mol. The highest BCUT2D eigenvalue weighted by Crippen LogP contribution is 2.22. The van der Waals surface area contributed by atoms with Gasteiger partial charge in [0.15, 0.2) is 0 Å². The number of fused-ring (bicyclic) bond motifs is 1. The zero-order chi connectivity index (χ0) is 18.5. The Bertz CT molecular complexity index is 974. The smallest absolute Gasteiger partial charge is 0.312 e. The van der Waals surface area contributed by atoms with Gasteiger partial charge in [0, 0.05) is 5.39 Å². The number of benzene rings is 2. The van der Waals surface area contributed by atoms with E-state index in [-0.39, 0.29) is 5.96 Å². The van der Waals surface area contributed by atoms with Crippen molar-refractivity contribution in [2.75, 3.05) is 17.7 Å². The van der Waals surface area contributed by atoms with Crippen LogP contribution in [0, 0.1) is 6.92 Å². The standard InChI is InChI=1S/C18H18N6OS/c1-11-14-10-13(25-2)8-9-15(14)22-17(20-11)23-16(19)24-18(26)21-12-6-4-3-5-7-12/h3-10H,1-2H3,(H4,19,20,21,22,23,24,26)/p+1. The summed E-state index contributed by atoms with van der Waals surface area (Å²) in [6.07, 6.45) is 0. The molecule has 0 radical (unpaired) electrons. The molecule has 0 amide bonds. The molecule has 7 nitrogen and oxygen atoms in total. The number of anilines is 2.